The summed E-state index contributed by atoms with van der Waals surface area (Å²) in [7, 11) is 0. The van der Waals surface area contributed by atoms with Crippen LogP contribution in [-0.2, 0) is 9.68 Å². The molecule has 2 aliphatic heterocycles. The van der Waals surface area contributed by atoms with Crippen molar-refractivity contribution in [2.24, 2.45) is 23.3 Å². The first-order valence-corrected chi connectivity index (χ1v) is 20.0. The molecule has 0 spiro atoms. The number of hydrogen-bond donors (Lipinski definition) is 2. The van der Waals surface area contributed by atoms with Crippen LogP contribution < -0.4 is 11.5 Å². The van der Waals surface area contributed by atoms with Crippen LogP contribution in [0.5, 0.6) is 0 Å². The second-order valence-corrected chi connectivity index (χ2v) is 17.7. The fourth-order valence-corrected chi connectivity index (χ4v) is 9.18. The van der Waals surface area contributed by atoms with Crippen LogP contribution in [0.15, 0.2) is 0 Å². The monoisotopic (exact) mass is 651 g/mol. The van der Waals surface area contributed by atoms with Gasteiger partial charge in [0, 0.05) is 23.2 Å². The summed E-state index contributed by atoms with van der Waals surface area (Å²) in [5, 5.41) is 4.54. The summed E-state index contributed by atoms with van der Waals surface area (Å²) in [5.41, 5.74) is 13.6. The van der Waals surface area contributed by atoms with E-state index in [-0.39, 0.29) is 34.2 Å². The third-order valence-corrected chi connectivity index (χ3v) is 11.7. The summed E-state index contributed by atoms with van der Waals surface area (Å²) >= 11 is 0. The van der Waals surface area contributed by atoms with Crippen LogP contribution in [0.4, 0.5) is 0 Å². The highest BCUT2D eigenvalue weighted by Crippen LogP contribution is 2.44. The zero-order valence-electron chi connectivity index (χ0n) is 32.7. The molecule has 2 heterocycles. The summed E-state index contributed by atoms with van der Waals surface area (Å²) in [6.45, 7) is 24.8. The largest absolute Gasteiger partial charge is 0.326 e. The van der Waals surface area contributed by atoms with Crippen LogP contribution in [0.3, 0.4) is 0 Å². The predicted molar refractivity (Wildman–Crippen MR) is 199 cm³/mol. The van der Waals surface area contributed by atoms with E-state index in [0.29, 0.717) is 11.8 Å². The Labute approximate surface area is 287 Å². The number of hydrogen-bond acceptors (Lipinski definition) is 6. The molecular formula is C40H82N4O2. The molecule has 0 bridgehead atoms. The molecule has 2 fully saturated rings. The first-order chi connectivity index (χ1) is 21.6. The Kier molecular flexibility index (Phi) is 18.1. The predicted octanol–water partition coefficient (Wildman–Crippen LogP) is 10.3. The fraction of sp³-hybridized carbons (Fsp3) is 1.00. The van der Waals surface area contributed by atoms with Crippen LogP contribution in [0.25, 0.3) is 0 Å². The number of hydroxylamine groups is 4. The maximum Gasteiger partial charge on any atom is 0.0685 e. The standard InChI is InChI=1S/C40H82N4O2/c1-11-13-15-17-21-25-29-45-43-37(3,4)31-33(35(41)39(43,7)8)27-23-19-20-24-28-34-32-38(5,6)44(40(9,10)36(34)42)46-30-26-22-18-16-14-12-2/h33-36H,11-32,41-42H2,1-10H3. The number of unbranched alkanes of at least 4 members (excludes halogenated alkanes) is 13. The summed E-state index contributed by atoms with van der Waals surface area (Å²) in [6.07, 6.45) is 25.2. The lowest BCUT2D eigenvalue weighted by molar-refractivity contribution is -0.293. The molecule has 4 unspecified atom stereocenters. The normalized spacial score (nSPS) is 27.7. The van der Waals surface area contributed by atoms with E-state index in [9.17, 15) is 0 Å². The van der Waals surface area contributed by atoms with E-state index in [4.69, 9.17) is 21.1 Å². The van der Waals surface area contributed by atoms with Gasteiger partial charge >= 0.3 is 0 Å². The molecule has 0 aliphatic carbocycles. The van der Waals surface area contributed by atoms with Gasteiger partial charge in [0.2, 0.25) is 0 Å². The second kappa shape index (κ2) is 19.8. The van der Waals surface area contributed by atoms with E-state index in [1.807, 2.05) is 0 Å². The third kappa shape index (κ3) is 12.3. The molecule has 6 heteroatoms. The molecular weight excluding hydrogens is 568 g/mol. The van der Waals surface area contributed by atoms with Gasteiger partial charge in [0.1, 0.15) is 0 Å². The first kappa shape index (κ1) is 41.9. The topological polar surface area (TPSA) is 77.0 Å². The highest BCUT2D eigenvalue weighted by molar-refractivity contribution is 5.05. The van der Waals surface area contributed by atoms with Gasteiger partial charge in [0.25, 0.3) is 0 Å². The van der Waals surface area contributed by atoms with Gasteiger partial charge in [0.05, 0.1) is 24.3 Å². The molecule has 2 aliphatic rings. The quantitative estimate of drug-likeness (QED) is 0.107. The van der Waals surface area contributed by atoms with Gasteiger partial charge in [-0.3, -0.25) is 9.68 Å². The molecule has 2 saturated heterocycles. The van der Waals surface area contributed by atoms with Crippen molar-refractivity contribution in [3.63, 3.8) is 0 Å². The maximum absolute atomic E-state index is 6.98. The smallest absolute Gasteiger partial charge is 0.0685 e. The Bertz CT molecular complexity index is 747. The molecule has 6 nitrogen and oxygen atoms in total. The molecule has 4 atom stereocenters. The number of nitrogens with zero attached hydrogens (tertiary/aromatic N) is 2. The van der Waals surface area contributed by atoms with Gasteiger partial charge in [-0.25, -0.2) is 0 Å². The molecule has 274 valence electrons. The summed E-state index contributed by atoms with van der Waals surface area (Å²) in [6, 6.07) is 0.252. The molecule has 4 N–H and O–H groups in total. The van der Waals surface area contributed by atoms with Crippen molar-refractivity contribution >= 4 is 0 Å². The van der Waals surface area contributed by atoms with Gasteiger partial charge in [-0.15, -0.1) is 0 Å². The molecule has 0 aromatic rings. The molecule has 2 rings (SSSR count). The van der Waals surface area contributed by atoms with Crippen molar-refractivity contribution in [1.82, 2.24) is 10.1 Å². The second-order valence-electron chi connectivity index (χ2n) is 17.7. The van der Waals surface area contributed by atoms with Crippen LogP contribution >= 0.6 is 0 Å². The lowest BCUT2D eigenvalue weighted by Crippen LogP contribution is -2.69. The van der Waals surface area contributed by atoms with Crippen LogP contribution in [0.1, 0.15) is 198 Å². The molecule has 46 heavy (non-hydrogen) atoms. The number of piperidine rings is 2. The molecule has 0 radical (unpaired) electrons. The summed E-state index contributed by atoms with van der Waals surface area (Å²) < 4.78 is 0. The van der Waals surface area contributed by atoms with Gasteiger partial charge in [0.15, 0.2) is 0 Å². The SMILES string of the molecule is CCCCCCCCON1C(C)(C)CC(CCCCCCC2CC(C)(C)N(OCCCCCCCC)C(C)(C)C2N)C(N)C1(C)C. The van der Waals surface area contributed by atoms with Crippen LogP contribution in [0.2, 0.25) is 0 Å². The molecule has 0 amide bonds. The number of rotatable bonds is 23. The molecule has 0 aromatic carbocycles. The Morgan fingerprint density at radius 1 is 0.478 bits per heavy atom. The van der Waals surface area contributed by atoms with Crippen molar-refractivity contribution in [2.75, 3.05) is 13.2 Å². The van der Waals surface area contributed by atoms with Crippen LogP contribution in [0, 0.1) is 11.8 Å². The van der Waals surface area contributed by atoms with E-state index >= 15 is 0 Å². The lowest BCUT2D eigenvalue weighted by atomic mass is 9.70. The Morgan fingerprint density at radius 3 is 1.13 bits per heavy atom. The van der Waals surface area contributed by atoms with Gasteiger partial charge in [-0.2, -0.15) is 10.1 Å². The average Bonchev–Trinajstić information content (AvgIpc) is 2.97. The maximum atomic E-state index is 6.98. The highest BCUT2D eigenvalue weighted by atomic mass is 16.7. The third-order valence-electron chi connectivity index (χ3n) is 11.7. The summed E-state index contributed by atoms with van der Waals surface area (Å²) in [5.74, 6) is 1.07. The minimum Gasteiger partial charge on any atom is -0.326 e. The Hall–Kier alpha value is -0.240. The first-order valence-electron chi connectivity index (χ1n) is 20.0. The zero-order valence-corrected chi connectivity index (χ0v) is 32.7. The van der Waals surface area contributed by atoms with E-state index in [0.717, 1.165) is 38.9 Å². The molecule has 0 saturated carbocycles. The van der Waals surface area contributed by atoms with Crippen molar-refractivity contribution in [3.05, 3.63) is 0 Å². The van der Waals surface area contributed by atoms with E-state index in [2.05, 4.69) is 79.4 Å². The Morgan fingerprint density at radius 2 is 0.783 bits per heavy atom. The van der Waals surface area contributed by atoms with E-state index in [1.54, 1.807) is 0 Å². The Balaban J connectivity index is 1.74. The van der Waals surface area contributed by atoms with E-state index in [1.165, 1.54) is 103 Å². The minimum absolute atomic E-state index is 0.00476. The van der Waals surface area contributed by atoms with Crippen molar-refractivity contribution in [1.29, 1.82) is 0 Å². The van der Waals surface area contributed by atoms with Gasteiger partial charge in [-0.05, 0) is 106 Å². The van der Waals surface area contributed by atoms with Crippen molar-refractivity contribution < 1.29 is 9.68 Å². The van der Waals surface area contributed by atoms with Gasteiger partial charge in [-0.1, -0.05) is 104 Å². The average molecular weight is 651 g/mol. The highest BCUT2D eigenvalue weighted by Gasteiger charge is 2.52. The lowest BCUT2D eigenvalue weighted by Gasteiger charge is -2.57. The van der Waals surface area contributed by atoms with Gasteiger partial charge < -0.3 is 11.5 Å². The summed E-state index contributed by atoms with van der Waals surface area (Å²) in [4.78, 5) is 12.9. The van der Waals surface area contributed by atoms with Crippen molar-refractivity contribution in [2.45, 2.75) is 232 Å². The molecule has 0 aromatic heterocycles. The van der Waals surface area contributed by atoms with E-state index < -0.39 is 0 Å². The fourth-order valence-electron chi connectivity index (χ4n) is 9.18. The van der Waals surface area contributed by atoms with Crippen molar-refractivity contribution in [3.8, 4) is 0 Å². The zero-order chi connectivity index (χ0) is 34.4. The van der Waals surface area contributed by atoms with Crippen LogP contribution in [-0.4, -0.2) is 57.6 Å². The minimum atomic E-state index is -0.169. The number of nitrogens with two attached hydrogens (primary N) is 2.